The van der Waals surface area contributed by atoms with Crippen molar-refractivity contribution in [2.45, 2.75) is 45.6 Å². The van der Waals surface area contributed by atoms with Gasteiger partial charge in [-0.2, -0.15) is 0 Å². The number of hydrogen-bond donors (Lipinski definition) is 2. The Bertz CT molecular complexity index is 1380. The molecule has 2 aromatic carbocycles. The molecule has 10 heteroatoms. The molecule has 230 valence electrons. The van der Waals surface area contributed by atoms with Crippen molar-refractivity contribution >= 4 is 34.6 Å². The van der Waals surface area contributed by atoms with Gasteiger partial charge in [0.25, 0.3) is 0 Å². The number of hydrogen-bond acceptors (Lipinski definition) is 7. The Labute approximate surface area is 253 Å². The van der Waals surface area contributed by atoms with Crippen LogP contribution < -0.4 is 29.3 Å². The summed E-state index contributed by atoms with van der Waals surface area (Å²) < 4.78 is 17.6. The van der Waals surface area contributed by atoms with Crippen molar-refractivity contribution in [2.24, 2.45) is 0 Å². The third kappa shape index (κ3) is 7.67. The molecule has 2 saturated heterocycles. The average Bonchev–Trinajstić information content (AvgIpc) is 3.03. The number of pyridine rings is 1. The Morgan fingerprint density at radius 3 is 2.47 bits per heavy atom. The molecule has 2 fully saturated rings. The van der Waals surface area contributed by atoms with Crippen LogP contribution in [0, 0.1) is 0 Å². The highest BCUT2D eigenvalue weighted by molar-refractivity contribution is 6.02. The SMILES string of the molecule is COc1cc2c(N3CCN(C(=O)Nc4ccc(OC(C)C)cc4)CC3)c(C=O)cnc2cc1OCCC[NH+]1CCCCC1. The minimum absolute atomic E-state index is 0.0883. The molecule has 3 heterocycles. The second-order valence-electron chi connectivity index (χ2n) is 11.6. The van der Waals surface area contributed by atoms with Crippen LogP contribution in [0.15, 0.2) is 42.6 Å². The summed E-state index contributed by atoms with van der Waals surface area (Å²) in [7, 11) is 1.63. The van der Waals surface area contributed by atoms with E-state index < -0.39 is 0 Å². The highest BCUT2D eigenvalue weighted by atomic mass is 16.5. The largest absolute Gasteiger partial charge is 0.493 e. The number of likely N-dealkylation sites (tertiary alicyclic amines) is 1. The summed E-state index contributed by atoms with van der Waals surface area (Å²) in [5, 5.41) is 3.80. The second-order valence-corrected chi connectivity index (χ2v) is 11.6. The van der Waals surface area contributed by atoms with Gasteiger partial charge < -0.3 is 34.2 Å². The molecule has 5 rings (SSSR count). The molecule has 43 heavy (non-hydrogen) atoms. The van der Waals surface area contributed by atoms with E-state index in [1.54, 1.807) is 23.1 Å². The van der Waals surface area contributed by atoms with Crippen LogP contribution in [0.5, 0.6) is 17.2 Å². The lowest BCUT2D eigenvalue weighted by molar-refractivity contribution is -0.905. The van der Waals surface area contributed by atoms with Crippen molar-refractivity contribution in [1.82, 2.24) is 9.88 Å². The molecule has 2 N–H and O–H groups in total. The number of fused-ring (bicyclic) bond motifs is 1. The zero-order valence-corrected chi connectivity index (χ0v) is 25.6. The minimum Gasteiger partial charge on any atom is -0.493 e. The molecule has 2 amide bonds. The summed E-state index contributed by atoms with van der Waals surface area (Å²) >= 11 is 0. The number of urea groups is 1. The maximum atomic E-state index is 13.0. The highest BCUT2D eigenvalue weighted by Crippen LogP contribution is 2.37. The normalized spacial score (nSPS) is 15.9. The number of rotatable bonds is 11. The number of nitrogens with zero attached hydrogens (tertiary/aromatic N) is 3. The Balaban J connectivity index is 1.24. The molecule has 10 nitrogen and oxygen atoms in total. The summed E-state index contributed by atoms with van der Waals surface area (Å²) in [6, 6.07) is 11.0. The Morgan fingerprint density at radius 2 is 1.79 bits per heavy atom. The number of aromatic nitrogens is 1. The average molecular weight is 591 g/mol. The summed E-state index contributed by atoms with van der Waals surface area (Å²) in [6.07, 6.45) is 7.51. The van der Waals surface area contributed by atoms with Crippen molar-refractivity contribution in [3.63, 3.8) is 0 Å². The van der Waals surface area contributed by atoms with Gasteiger partial charge >= 0.3 is 6.03 Å². The molecule has 0 spiro atoms. The second kappa shape index (κ2) is 14.4. The van der Waals surface area contributed by atoms with E-state index in [0.29, 0.717) is 55.5 Å². The maximum Gasteiger partial charge on any atom is 0.321 e. The third-order valence-electron chi connectivity index (χ3n) is 8.13. The molecular weight excluding hydrogens is 546 g/mol. The predicted octanol–water partition coefficient (Wildman–Crippen LogP) is 4.03. The Hall–Kier alpha value is -4.05. The standard InChI is InChI=1S/C33H43N5O5/c1-24(2)43-27-10-8-26(9-11-27)35-33(40)38-17-15-37(16-18-38)32-25(23-39)22-34-29-21-31(30(41-3)20-28(29)32)42-19-7-14-36-12-5-4-6-13-36/h8-11,20-24H,4-7,12-19H2,1-3H3,(H,35,40)/p+1. The lowest BCUT2D eigenvalue weighted by Crippen LogP contribution is -3.12. The van der Waals surface area contributed by atoms with E-state index in [9.17, 15) is 9.59 Å². The van der Waals surface area contributed by atoms with Crippen molar-refractivity contribution in [3.05, 3.63) is 48.2 Å². The fourth-order valence-corrected chi connectivity index (χ4v) is 5.94. The number of aldehydes is 1. The first-order valence-electron chi connectivity index (χ1n) is 15.4. The number of anilines is 2. The monoisotopic (exact) mass is 590 g/mol. The van der Waals surface area contributed by atoms with E-state index in [4.69, 9.17) is 14.2 Å². The van der Waals surface area contributed by atoms with Crippen LogP contribution in [0.25, 0.3) is 10.9 Å². The first-order valence-corrected chi connectivity index (χ1v) is 15.4. The first kappa shape index (κ1) is 30.4. The number of methoxy groups -OCH3 is 1. The predicted molar refractivity (Wildman–Crippen MR) is 168 cm³/mol. The van der Waals surface area contributed by atoms with E-state index >= 15 is 0 Å². The van der Waals surface area contributed by atoms with Gasteiger partial charge in [0.1, 0.15) is 5.75 Å². The quantitative estimate of drug-likeness (QED) is 0.257. The van der Waals surface area contributed by atoms with E-state index in [1.165, 1.54) is 32.4 Å². The number of piperazine rings is 1. The molecule has 0 saturated carbocycles. The van der Waals surface area contributed by atoms with Gasteiger partial charge in [0, 0.05) is 55.9 Å². The van der Waals surface area contributed by atoms with Crippen LogP contribution in [0.3, 0.4) is 0 Å². The number of nitrogens with one attached hydrogen (secondary N) is 2. The third-order valence-corrected chi connectivity index (χ3v) is 8.13. The van der Waals surface area contributed by atoms with Crippen LogP contribution >= 0.6 is 0 Å². The molecule has 0 unspecified atom stereocenters. The van der Waals surface area contributed by atoms with Gasteiger partial charge in [-0.1, -0.05) is 0 Å². The number of carbonyl (C=O) groups excluding carboxylic acids is 2. The van der Waals surface area contributed by atoms with Gasteiger partial charge in [0.2, 0.25) is 0 Å². The number of quaternary nitrogens is 1. The molecule has 2 aliphatic heterocycles. The van der Waals surface area contributed by atoms with Gasteiger partial charge in [-0.05, 0) is 63.4 Å². The van der Waals surface area contributed by atoms with Crippen molar-refractivity contribution in [2.75, 3.05) is 69.7 Å². The van der Waals surface area contributed by atoms with Crippen molar-refractivity contribution < 1.29 is 28.7 Å². The molecule has 1 aromatic heterocycles. The van der Waals surface area contributed by atoms with Crippen LogP contribution in [0.4, 0.5) is 16.2 Å². The Kier molecular flexibility index (Phi) is 10.2. The zero-order valence-electron chi connectivity index (χ0n) is 25.6. The van der Waals surface area contributed by atoms with Crippen molar-refractivity contribution in [3.8, 4) is 17.2 Å². The molecule has 0 bridgehead atoms. The maximum absolute atomic E-state index is 13.0. The van der Waals surface area contributed by atoms with Crippen LogP contribution in [-0.4, -0.2) is 87.8 Å². The summed E-state index contributed by atoms with van der Waals surface area (Å²) in [6.45, 7) is 10.4. The van der Waals surface area contributed by atoms with Gasteiger partial charge in [0.15, 0.2) is 17.8 Å². The number of ether oxygens (including phenoxy) is 3. The topological polar surface area (TPSA) is 97.7 Å². The lowest BCUT2D eigenvalue weighted by atomic mass is 10.1. The zero-order chi connectivity index (χ0) is 30.2. The number of carbonyl (C=O) groups is 2. The van der Waals surface area contributed by atoms with E-state index in [1.807, 2.05) is 50.2 Å². The first-order chi connectivity index (χ1) is 20.9. The molecule has 0 radical (unpaired) electrons. The molecule has 2 aliphatic rings. The molecule has 0 aliphatic carbocycles. The van der Waals surface area contributed by atoms with Gasteiger partial charge in [-0.3, -0.25) is 9.78 Å². The molecule has 0 atom stereocenters. The fraction of sp³-hybridized carbons (Fsp3) is 0.485. The summed E-state index contributed by atoms with van der Waals surface area (Å²) in [4.78, 5) is 35.3. The summed E-state index contributed by atoms with van der Waals surface area (Å²) in [5.74, 6) is 2.04. The Morgan fingerprint density at radius 1 is 1.05 bits per heavy atom. The molecule has 3 aromatic rings. The van der Waals surface area contributed by atoms with Gasteiger partial charge in [-0.15, -0.1) is 0 Å². The van der Waals surface area contributed by atoms with E-state index in [-0.39, 0.29) is 12.1 Å². The highest BCUT2D eigenvalue weighted by Gasteiger charge is 2.25. The van der Waals surface area contributed by atoms with Crippen LogP contribution in [0.1, 0.15) is 49.9 Å². The van der Waals surface area contributed by atoms with E-state index in [2.05, 4.69) is 15.2 Å². The van der Waals surface area contributed by atoms with Gasteiger partial charge in [-0.25, -0.2) is 4.79 Å². The van der Waals surface area contributed by atoms with Crippen LogP contribution in [0.2, 0.25) is 0 Å². The van der Waals surface area contributed by atoms with Gasteiger partial charge in [0.05, 0.1) is 56.2 Å². The van der Waals surface area contributed by atoms with Crippen LogP contribution in [-0.2, 0) is 0 Å². The summed E-state index contributed by atoms with van der Waals surface area (Å²) in [5.41, 5.74) is 2.77. The number of benzene rings is 2. The number of piperidine rings is 1. The minimum atomic E-state index is -0.155. The fourth-order valence-electron chi connectivity index (χ4n) is 5.94. The lowest BCUT2D eigenvalue weighted by Gasteiger charge is -2.37. The molecular formula is C33H44N5O5+. The van der Waals surface area contributed by atoms with Crippen molar-refractivity contribution in [1.29, 1.82) is 0 Å². The number of amides is 2. The van der Waals surface area contributed by atoms with E-state index in [0.717, 1.165) is 41.6 Å². The smallest absolute Gasteiger partial charge is 0.321 e.